The van der Waals surface area contributed by atoms with Gasteiger partial charge in [-0.25, -0.2) is 0 Å². The summed E-state index contributed by atoms with van der Waals surface area (Å²) in [5, 5.41) is 12.1. The maximum Gasteiger partial charge on any atom is 0.311 e. The Bertz CT molecular complexity index is 510. The molecule has 4 nitrogen and oxygen atoms in total. The van der Waals surface area contributed by atoms with Gasteiger partial charge in [0.1, 0.15) is 0 Å². The van der Waals surface area contributed by atoms with E-state index in [0.29, 0.717) is 12.8 Å². The SMILES string of the molecule is O=C(Cc1cccc(Br)c1)NCC1(C(=O)O)CCCC1. The van der Waals surface area contributed by atoms with Crippen LogP contribution in [-0.4, -0.2) is 23.5 Å². The molecular weight excluding hydrogens is 322 g/mol. The Morgan fingerprint density at radius 1 is 1.30 bits per heavy atom. The average Bonchev–Trinajstić information content (AvgIpc) is 2.86. The van der Waals surface area contributed by atoms with E-state index in [0.717, 1.165) is 22.9 Å². The van der Waals surface area contributed by atoms with E-state index >= 15 is 0 Å². The van der Waals surface area contributed by atoms with Gasteiger partial charge >= 0.3 is 5.97 Å². The number of carbonyl (C=O) groups is 2. The zero-order valence-corrected chi connectivity index (χ0v) is 12.8. The van der Waals surface area contributed by atoms with Gasteiger partial charge in [-0.1, -0.05) is 40.9 Å². The van der Waals surface area contributed by atoms with Crippen LogP contribution in [0.4, 0.5) is 0 Å². The summed E-state index contributed by atoms with van der Waals surface area (Å²) in [7, 11) is 0. The lowest BCUT2D eigenvalue weighted by Crippen LogP contribution is -2.41. The van der Waals surface area contributed by atoms with Crippen molar-refractivity contribution in [2.24, 2.45) is 5.41 Å². The van der Waals surface area contributed by atoms with Crippen LogP contribution >= 0.6 is 15.9 Å². The normalized spacial score (nSPS) is 16.9. The van der Waals surface area contributed by atoms with Gasteiger partial charge in [0.05, 0.1) is 11.8 Å². The summed E-state index contributed by atoms with van der Waals surface area (Å²) in [5.74, 6) is -0.923. The van der Waals surface area contributed by atoms with Gasteiger partial charge in [0.15, 0.2) is 0 Å². The highest BCUT2D eigenvalue weighted by Gasteiger charge is 2.41. The number of nitrogens with one attached hydrogen (secondary N) is 1. The molecule has 2 rings (SSSR count). The molecule has 5 heteroatoms. The second kappa shape index (κ2) is 6.39. The van der Waals surface area contributed by atoms with Crippen molar-refractivity contribution in [3.63, 3.8) is 0 Å². The Morgan fingerprint density at radius 3 is 2.60 bits per heavy atom. The summed E-state index contributed by atoms with van der Waals surface area (Å²) in [6.07, 6.45) is 3.43. The quantitative estimate of drug-likeness (QED) is 0.866. The lowest BCUT2D eigenvalue weighted by molar-refractivity contribution is -0.148. The van der Waals surface area contributed by atoms with E-state index in [1.807, 2.05) is 24.3 Å². The number of carbonyl (C=O) groups excluding carboxylic acids is 1. The van der Waals surface area contributed by atoms with Gasteiger partial charge < -0.3 is 10.4 Å². The van der Waals surface area contributed by atoms with E-state index in [1.54, 1.807) is 0 Å². The number of carboxylic acid groups (broad SMARTS) is 1. The second-order valence-corrected chi connectivity index (χ2v) is 6.29. The molecule has 0 bridgehead atoms. The zero-order valence-electron chi connectivity index (χ0n) is 11.2. The third-order valence-corrected chi connectivity index (χ3v) is 4.39. The van der Waals surface area contributed by atoms with E-state index < -0.39 is 11.4 Å². The van der Waals surface area contributed by atoms with Crippen molar-refractivity contribution in [1.82, 2.24) is 5.32 Å². The number of halogens is 1. The first-order valence-electron chi connectivity index (χ1n) is 6.76. The molecule has 0 unspecified atom stereocenters. The summed E-state index contributed by atoms with van der Waals surface area (Å²) in [4.78, 5) is 23.3. The van der Waals surface area contributed by atoms with Gasteiger partial charge in [-0.3, -0.25) is 9.59 Å². The fraction of sp³-hybridized carbons (Fsp3) is 0.467. The molecule has 20 heavy (non-hydrogen) atoms. The predicted molar refractivity (Wildman–Crippen MR) is 79.4 cm³/mol. The standard InChI is InChI=1S/C15H18BrNO3/c16-12-5-3-4-11(8-12)9-13(18)17-10-15(14(19)20)6-1-2-7-15/h3-5,8H,1-2,6-7,9-10H2,(H,17,18)(H,19,20). The van der Waals surface area contributed by atoms with Crippen LogP contribution in [-0.2, 0) is 16.0 Å². The third-order valence-electron chi connectivity index (χ3n) is 3.89. The maximum absolute atomic E-state index is 11.9. The Morgan fingerprint density at radius 2 is 2.00 bits per heavy atom. The Labute approximate surface area is 126 Å². The minimum absolute atomic E-state index is 0.129. The number of benzene rings is 1. The number of amides is 1. The average molecular weight is 340 g/mol. The molecule has 1 aromatic carbocycles. The number of rotatable bonds is 5. The molecule has 108 valence electrons. The van der Waals surface area contributed by atoms with Crippen molar-refractivity contribution < 1.29 is 14.7 Å². The van der Waals surface area contributed by atoms with Crippen LogP contribution < -0.4 is 5.32 Å². The van der Waals surface area contributed by atoms with Gasteiger partial charge in [0.2, 0.25) is 5.91 Å². The minimum Gasteiger partial charge on any atom is -0.481 e. The molecule has 0 aliphatic heterocycles. The van der Waals surface area contributed by atoms with Crippen LogP contribution in [0.15, 0.2) is 28.7 Å². The molecule has 0 saturated heterocycles. The summed E-state index contributed by atoms with van der Waals surface area (Å²) in [6.45, 7) is 0.231. The maximum atomic E-state index is 11.9. The van der Waals surface area contributed by atoms with Gasteiger partial charge in [-0.15, -0.1) is 0 Å². The monoisotopic (exact) mass is 339 g/mol. The lowest BCUT2D eigenvalue weighted by atomic mass is 9.86. The van der Waals surface area contributed by atoms with Crippen molar-refractivity contribution in [3.05, 3.63) is 34.3 Å². The predicted octanol–water partition coefficient (Wildman–Crippen LogP) is 2.75. The summed E-state index contributed by atoms with van der Waals surface area (Å²) in [6, 6.07) is 7.55. The second-order valence-electron chi connectivity index (χ2n) is 5.38. The van der Waals surface area contributed by atoms with E-state index in [2.05, 4.69) is 21.2 Å². The highest BCUT2D eigenvalue weighted by molar-refractivity contribution is 9.10. The van der Waals surface area contributed by atoms with Gasteiger partial charge in [0, 0.05) is 11.0 Å². The van der Waals surface area contributed by atoms with Crippen LogP contribution in [0.25, 0.3) is 0 Å². The van der Waals surface area contributed by atoms with E-state index in [4.69, 9.17) is 0 Å². The smallest absolute Gasteiger partial charge is 0.311 e. The zero-order chi connectivity index (χ0) is 14.6. The van der Waals surface area contributed by atoms with Gasteiger partial charge in [-0.2, -0.15) is 0 Å². The van der Waals surface area contributed by atoms with E-state index in [1.165, 1.54) is 0 Å². The largest absolute Gasteiger partial charge is 0.481 e. The third kappa shape index (κ3) is 3.60. The molecule has 1 aliphatic rings. The van der Waals surface area contributed by atoms with Crippen molar-refractivity contribution in [2.75, 3.05) is 6.54 Å². The van der Waals surface area contributed by atoms with Crippen LogP contribution in [0.1, 0.15) is 31.2 Å². The van der Waals surface area contributed by atoms with Crippen molar-refractivity contribution in [3.8, 4) is 0 Å². The molecule has 0 heterocycles. The molecule has 1 fully saturated rings. The lowest BCUT2D eigenvalue weighted by Gasteiger charge is -2.23. The Hall–Kier alpha value is -1.36. The van der Waals surface area contributed by atoms with Crippen molar-refractivity contribution in [2.45, 2.75) is 32.1 Å². The summed E-state index contributed by atoms with van der Waals surface area (Å²) < 4.78 is 0.931. The molecule has 1 aromatic rings. The van der Waals surface area contributed by atoms with Crippen LogP contribution in [0.5, 0.6) is 0 Å². The molecule has 1 aliphatic carbocycles. The van der Waals surface area contributed by atoms with Crippen molar-refractivity contribution >= 4 is 27.8 Å². The van der Waals surface area contributed by atoms with Crippen LogP contribution in [0, 0.1) is 5.41 Å². The Balaban J connectivity index is 1.90. The van der Waals surface area contributed by atoms with Crippen molar-refractivity contribution in [1.29, 1.82) is 0 Å². The van der Waals surface area contributed by atoms with Crippen LogP contribution in [0.3, 0.4) is 0 Å². The van der Waals surface area contributed by atoms with E-state index in [9.17, 15) is 14.7 Å². The number of hydrogen-bond acceptors (Lipinski definition) is 2. The highest BCUT2D eigenvalue weighted by Crippen LogP contribution is 2.37. The summed E-state index contributed by atoms with van der Waals surface area (Å²) in [5.41, 5.74) is 0.153. The highest BCUT2D eigenvalue weighted by atomic mass is 79.9. The first-order chi connectivity index (χ1) is 9.52. The molecule has 1 saturated carbocycles. The molecule has 1 amide bonds. The molecule has 0 aromatic heterocycles. The fourth-order valence-electron chi connectivity index (χ4n) is 2.68. The van der Waals surface area contributed by atoms with Gasteiger partial charge in [0.25, 0.3) is 0 Å². The summed E-state index contributed by atoms with van der Waals surface area (Å²) >= 11 is 3.36. The molecule has 0 radical (unpaired) electrons. The Kier molecular flexibility index (Phi) is 4.81. The number of hydrogen-bond donors (Lipinski definition) is 2. The molecule has 0 spiro atoms. The van der Waals surface area contributed by atoms with Crippen LogP contribution in [0.2, 0.25) is 0 Å². The molecule has 2 N–H and O–H groups in total. The first-order valence-corrected chi connectivity index (χ1v) is 7.56. The van der Waals surface area contributed by atoms with E-state index in [-0.39, 0.29) is 18.9 Å². The molecule has 0 atom stereocenters. The minimum atomic E-state index is -0.794. The van der Waals surface area contributed by atoms with Gasteiger partial charge in [-0.05, 0) is 30.5 Å². The fourth-order valence-corrected chi connectivity index (χ4v) is 3.13. The number of aliphatic carboxylic acids is 1. The first kappa shape index (κ1) is 15.0. The topological polar surface area (TPSA) is 66.4 Å². The molecular formula is C15H18BrNO3. The number of carboxylic acids is 1.